The Kier molecular flexibility index (Phi) is 3.62. The standard InChI is InChI=1S/C11H5Cl3N2O/c12-7-1-2-8(6(3-7)5-17)9-4-15-11(14)16-10(9)13/h1-5H. The summed E-state index contributed by atoms with van der Waals surface area (Å²) in [5, 5.41) is 0.720. The van der Waals surface area contributed by atoms with Gasteiger partial charge in [-0.15, -0.1) is 0 Å². The molecule has 0 aliphatic heterocycles. The van der Waals surface area contributed by atoms with Crippen LogP contribution in [0.3, 0.4) is 0 Å². The molecule has 0 saturated heterocycles. The monoisotopic (exact) mass is 286 g/mol. The van der Waals surface area contributed by atoms with Gasteiger partial charge in [-0.3, -0.25) is 4.79 Å². The van der Waals surface area contributed by atoms with Crippen LogP contribution in [0.4, 0.5) is 0 Å². The Labute approximate surface area is 112 Å². The lowest BCUT2D eigenvalue weighted by Gasteiger charge is -2.06. The molecule has 0 atom stereocenters. The van der Waals surface area contributed by atoms with Crippen molar-refractivity contribution >= 4 is 41.1 Å². The van der Waals surface area contributed by atoms with Gasteiger partial charge in [0.25, 0.3) is 0 Å². The fourth-order valence-corrected chi connectivity index (χ4v) is 1.99. The van der Waals surface area contributed by atoms with E-state index in [0.717, 1.165) is 0 Å². The Morgan fingerprint density at radius 2 is 1.88 bits per heavy atom. The van der Waals surface area contributed by atoms with Crippen molar-refractivity contribution in [2.24, 2.45) is 0 Å². The average Bonchev–Trinajstić information content (AvgIpc) is 2.30. The third kappa shape index (κ3) is 2.57. The number of aromatic nitrogens is 2. The van der Waals surface area contributed by atoms with Crippen LogP contribution < -0.4 is 0 Å². The average molecular weight is 288 g/mol. The third-order valence-corrected chi connectivity index (χ3v) is 2.85. The smallest absolute Gasteiger partial charge is 0.223 e. The molecule has 3 nitrogen and oxygen atoms in total. The molecule has 1 heterocycles. The van der Waals surface area contributed by atoms with Gasteiger partial charge >= 0.3 is 0 Å². The highest BCUT2D eigenvalue weighted by Gasteiger charge is 2.11. The summed E-state index contributed by atoms with van der Waals surface area (Å²) < 4.78 is 0. The molecule has 0 N–H and O–H groups in total. The van der Waals surface area contributed by atoms with Gasteiger partial charge in [0.2, 0.25) is 5.28 Å². The maximum Gasteiger partial charge on any atom is 0.223 e. The zero-order valence-electron chi connectivity index (χ0n) is 8.32. The minimum atomic E-state index is 0.0559. The van der Waals surface area contributed by atoms with E-state index in [4.69, 9.17) is 34.8 Å². The summed E-state index contributed by atoms with van der Waals surface area (Å²) in [6.45, 7) is 0. The van der Waals surface area contributed by atoms with E-state index in [0.29, 0.717) is 28.0 Å². The number of hydrogen-bond acceptors (Lipinski definition) is 3. The van der Waals surface area contributed by atoms with Gasteiger partial charge in [0.15, 0.2) is 6.29 Å². The Morgan fingerprint density at radius 3 is 2.53 bits per heavy atom. The summed E-state index contributed by atoms with van der Waals surface area (Å²) in [4.78, 5) is 18.6. The molecule has 1 aromatic heterocycles. The first-order valence-electron chi connectivity index (χ1n) is 4.55. The van der Waals surface area contributed by atoms with Crippen molar-refractivity contribution < 1.29 is 4.79 Å². The molecule has 86 valence electrons. The van der Waals surface area contributed by atoms with Gasteiger partial charge in [-0.05, 0) is 29.3 Å². The number of aldehydes is 1. The van der Waals surface area contributed by atoms with Crippen molar-refractivity contribution in [3.8, 4) is 11.1 Å². The van der Waals surface area contributed by atoms with Gasteiger partial charge in [-0.2, -0.15) is 0 Å². The molecular weight excluding hydrogens is 282 g/mol. The van der Waals surface area contributed by atoms with Gasteiger partial charge in [-0.1, -0.05) is 29.3 Å². The lowest BCUT2D eigenvalue weighted by molar-refractivity contribution is 0.112. The van der Waals surface area contributed by atoms with Crippen molar-refractivity contribution in [2.45, 2.75) is 0 Å². The fraction of sp³-hybridized carbons (Fsp3) is 0. The molecule has 0 saturated carbocycles. The molecule has 0 radical (unpaired) electrons. The second kappa shape index (κ2) is 5.00. The predicted molar refractivity (Wildman–Crippen MR) is 67.9 cm³/mol. The molecule has 0 aliphatic rings. The molecular formula is C11H5Cl3N2O. The molecule has 0 spiro atoms. The second-order valence-electron chi connectivity index (χ2n) is 3.19. The van der Waals surface area contributed by atoms with Crippen molar-refractivity contribution in [2.75, 3.05) is 0 Å². The van der Waals surface area contributed by atoms with Crippen molar-refractivity contribution in [1.82, 2.24) is 9.97 Å². The van der Waals surface area contributed by atoms with Gasteiger partial charge in [-0.25, -0.2) is 9.97 Å². The van der Waals surface area contributed by atoms with Crippen LogP contribution in [-0.2, 0) is 0 Å². The SMILES string of the molecule is O=Cc1cc(Cl)ccc1-c1cnc(Cl)nc1Cl. The third-order valence-electron chi connectivity index (χ3n) is 2.14. The molecule has 17 heavy (non-hydrogen) atoms. The van der Waals surface area contributed by atoms with E-state index in [1.807, 2.05) is 0 Å². The van der Waals surface area contributed by atoms with Crippen LogP contribution in [0.1, 0.15) is 10.4 Å². The largest absolute Gasteiger partial charge is 0.298 e. The van der Waals surface area contributed by atoms with E-state index in [1.54, 1.807) is 18.2 Å². The summed E-state index contributed by atoms with van der Waals surface area (Å²) in [7, 11) is 0. The van der Waals surface area contributed by atoms with E-state index >= 15 is 0 Å². The van der Waals surface area contributed by atoms with Crippen LogP contribution in [-0.4, -0.2) is 16.3 Å². The maximum atomic E-state index is 11.0. The summed E-state index contributed by atoms with van der Waals surface area (Å²) >= 11 is 17.4. The van der Waals surface area contributed by atoms with Crippen LogP contribution in [0.2, 0.25) is 15.5 Å². The summed E-state index contributed by atoms with van der Waals surface area (Å²) in [5.74, 6) is 0. The van der Waals surface area contributed by atoms with Crippen LogP contribution in [0.5, 0.6) is 0 Å². The van der Waals surface area contributed by atoms with Crippen LogP contribution in [0.15, 0.2) is 24.4 Å². The highest BCUT2D eigenvalue weighted by atomic mass is 35.5. The fourth-order valence-electron chi connectivity index (χ4n) is 1.40. The Morgan fingerprint density at radius 1 is 1.12 bits per heavy atom. The lowest BCUT2D eigenvalue weighted by atomic mass is 10.0. The summed E-state index contributed by atoms with van der Waals surface area (Å²) in [5.41, 5.74) is 1.58. The summed E-state index contributed by atoms with van der Waals surface area (Å²) in [6, 6.07) is 4.90. The number of carbonyl (C=O) groups excluding carboxylic acids is 1. The van der Waals surface area contributed by atoms with Crippen molar-refractivity contribution in [3.05, 3.63) is 45.4 Å². The number of hydrogen-bond donors (Lipinski definition) is 0. The van der Waals surface area contributed by atoms with Gasteiger partial charge in [0, 0.05) is 22.3 Å². The molecule has 0 amide bonds. The lowest BCUT2D eigenvalue weighted by Crippen LogP contribution is -1.92. The molecule has 0 aliphatic carbocycles. The van der Waals surface area contributed by atoms with Gasteiger partial charge in [0.05, 0.1) is 0 Å². The maximum absolute atomic E-state index is 11.0. The molecule has 0 unspecified atom stereocenters. The molecule has 0 bridgehead atoms. The Bertz CT molecular complexity index is 587. The number of halogens is 3. The zero-order valence-corrected chi connectivity index (χ0v) is 10.6. The number of benzene rings is 1. The van der Waals surface area contributed by atoms with Crippen LogP contribution in [0, 0.1) is 0 Å². The van der Waals surface area contributed by atoms with E-state index < -0.39 is 0 Å². The number of nitrogens with zero attached hydrogens (tertiary/aromatic N) is 2. The van der Waals surface area contributed by atoms with E-state index in [9.17, 15) is 4.79 Å². The van der Waals surface area contributed by atoms with Crippen LogP contribution >= 0.6 is 34.8 Å². The minimum Gasteiger partial charge on any atom is -0.298 e. The molecule has 6 heteroatoms. The summed E-state index contributed by atoms with van der Waals surface area (Å²) in [6.07, 6.45) is 2.17. The molecule has 1 aromatic carbocycles. The van der Waals surface area contributed by atoms with Crippen LogP contribution in [0.25, 0.3) is 11.1 Å². The predicted octanol–water partition coefficient (Wildman–Crippen LogP) is 3.92. The zero-order chi connectivity index (χ0) is 12.4. The molecule has 2 aromatic rings. The topological polar surface area (TPSA) is 42.9 Å². The highest BCUT2D eigenvalue weighted by molar-refractivity contribution is 6.34. The van der Waals surface area contributed by atoms with E-state index in [1.165, 1.54) is 6.20 Å². The first-order valence-corrected chi connectivity index (χ1v) is 5.68. The number of rotatable bonds is 2. The van der Waals surface area contributed by atoms with Crippen molar-refractivity contribution in [3.63, 3.8) is 0 Å². The van der Waals surface area contributed by atoms with Gasteiger partial charge in [0.1, 0.15) is 5.15 Å². The quantitative estimate of drug-likeness (QED) is 0.478. The Balaban J connectivity index is 2.63. The Hall–Kier alpha value is -1.16. The van der Waals surface area contributed by atoms with Crippen molar-refractivity contribution in [1.29, 1.82) is 0 Å². The number of carbonyl (C=O) groups is 1. The first kappa shape index (κ1) is 12.3. The second-order valence-corrected chi connectivity index (χ2v) is 4.33. The molecule has 0 fully saturated rings. The van der Waals surface area contributed by atoms with E-state index in [-0.39, 0.29) is 10.4 Å². The minimum absolute atomic E-state index is 0.0559. The van der Waals surface area contributed by atoms with Gasteiger partial charge < -0.3 is 0 Å². The normalized spacial score (nSPS) is 10.3. The highest BCUT2D eigenvalue weighted by Crippen LogP contribution is 2.30. The first-order chi connectivity index (χ1) is 8.11. The van der Waals surface area contributed by atoms with E-state index in [2.05, 4.69) is 9.97 Å². The molecule has 2 rings (SSSR count).